The fourth-order valence-electron chi connectivity index (χ4n) is 3.00. The summed E-state index contributed by atoms with van der Waals surface area (Å²) in [4.78, 5) is 14.6. The number of hydrogen-bond donors (Lipinski definition) is 2. The molecule has 1 atom stereocenters. The van der Waals surface area contributed by atoms with Crippen molar-refractivity contribution in [1.29, 1.82) is 0 Å². The predicted molar refractivity (Wildman–Crippen MR) is 81.6 cm³/mol. The second-order valence-corrected chi connectivity index (χ2v) is 6.82. The molecule has 1 aliphatic carbocycles. The molecule has 5 heteroatoms. The Labute approximate surface area is 121 Å². The topological polar surface area (TPSA) is 44.4 Å². The maximum Gasteiger partial charge on any atom is 0.237 e. The molecule has 1 aliphatic heterocycles. The molecule has 1 heterocycles. The fraction of sp³-hybridized carbons (Fsp3) is 0.929. The maximum atomic E-state index is 12.3. The molecule has 1 saturated heterocycles. The average molecular weight is 285 g/mol. The predicted octanol–water partition coefficient (Wildman–Crippen LogP) is 1.07. The van der Waals surface area contributed by atoms with E-state index >= 15 is 0 Å². The van der Waals surface area contributed by atoms with E-state index in [0.29, 0.717) is 6.04 Å². The lowest BCUT2D eigenvalue weighted by atomic mass is 9.94. The minimum Gasteiger partial charge on any atom is -0.352 e. The Kier molecular flexibility index (Phi) is 5.98. The molecule has 19 heavy (non-hydrogen) atoms. The number of nitrogens with zero attached hydrogens (tertiary/aromatic N) is 1. The molecular formula is C14H27N3OS. The van der Waals surface area contributed by atoms with Gasteiger partial charge in [0.15, 0.2) is 0 Å². The van der Waals surface area contributed by atoms with E-state index in [0.717, 1.165) is 44.3 Å². The summed E-state index contributed by atoms with van der Waals surface area (Å²) in [5.41, 5.74) is 0. The molecule has 0 bridgehead atoms. The van der Waals surface area contributed by atoms with Gasteiger partial charge < -0.3 is 10.6 Å². The third kappa shape index (κ3) is 4.36. The van der Waals surface area contributed by atoms with Crippen LogP contribution in [-0.4, -0.2) is 60.6 Å². The highest BCUT2D eigenvalue weighted by Crippen LogP contribution is 2.26. The van der Waals surface area contributed by atoms with Gasteiger partial charge in [-0.15, -0.1) is 0 Å². The molecule has 1 amide bonds. The molecule has 2 aliphatic rings. The van der Waals surface area contributed by atoms with Gasteiger partial charge in [-0.2, -0.15) is 11.8 Å². The molecule has 0 aromatic carbocycles. The van der Waals surface area contributed by atoms with Gasteiger partial charge in [-0.05, 0) is 38.9 Å². The molecule has 1 saturated carbocycles. The fourth-order valence-corrected chi connectivity index (χ4v) is 3.74. The van der Waals surface area contributed by atoms with Crippen molar-refractivity contribution < 1.29 is 4.79 Å². The van der Waals surface area contributed by atoms with Crippen molar-refractivity contribution in [1.82, 2.24) is 15.5 Å². The van der Waals surface area contributed by atoms with Crippen molar-refractivity contribution in [2.24, 2.45) is 0 Å². The molecule has 2 N–H and O–H groups in total. The monoisotopic (exact) mass is 285 g/mol. The molecule has 0 aromatic rings. The number of piperazine rings is 1. The zero-order valence-corrected chi connectivity index (χ0v) is 13.0. The van der Waals surface area contributed by atoms with E-state index in [2.05, 4.69) is 21.8 Å². The number of nitrogens with one attached hydrogen (secondary N) is 2. The zero-order valence-electron chi connectivity index (χ0n) is 12.2. The van der Waals surface area contributed by atoms with Crippen molar-refractivity contribution in [2.75, 3.05) is 32.4 Å². The molecule has 0 aromatic heterocycles. The quantitative estimate of drug-likeness (QED) is 0.811. The van der Waals surface area contributed by atoms with Crippen LogP contribution in [0.4, 0.5) is 0 Å². The Bertz CT molecular complexity index is 286. The molecule has 0 spiro atoms. The third-order valence-corrected chi connectivity index (χ3v) is 5.57. The molecule has 0 radical (unpaired) electrons. The van der Waals surface area contributed by atoms with E-state index in [1.165, 1.54) is 12.8 Å². The van der Waals surface area contributed by atoms with Crippen LogP contribution in [0.5, 0.6) is 0 Å². The Balaban J connectivity index is 1.74. The third-order valence-electron chi connectivity index (χ3n) is 4.43. The normalized spacial score (nSPS) is 30.8. The van der Waals surface area contributed by atoms with Crippen LogP contribution in [0.2, 0.25) is 0 Å². The summed E-state index contributed by atoms with van der Waals surface area (Å²) in [6.07, 6.45) is 6.97. The van der Waals surface area contributed by atoms with Gasteiger partial charge in [-0.25, -0.2) is 0 Å². The van der Waals surface area contributed by atoms with Gasteiger partial charge >= 0.3 is 0 Å². The number of carbonyl (C=O) groups excluding carboxylic acids is 1. The SMILES string of the molecule is CSC1CCC(NC(=O)C(C)N2CCNCC2)CC1. The summed E-state index contributed by atoms with van der Waals surface area (Å²) in [6.45, 7) is 5.99. The first-order valence-corrected chi connectivity index (χ1v) is 8.77. The summed E-state index contributed by atoms with van der Waals surface area (Å²) in [6, 6.07) is 0.418. The van der Waals surface area contributed by atoms with E-state index in [1.54, 1.807) is 0 Å². The van der Waals surface area contributed by atoms with Gasteiger partial charge in [0, 0.05) is 37.5 Å². The molecule has 1 unspecified atom stereocenters. The van der Waals surface area contributed by atoms with Gasteiger partial charge in [0.05, 0.1) is 6.04 Å². The van der Waals surface area contributed by atoms with Crippen molar-refractivity contribution in [3.63, 3.8) is 0 Å². The van der Waals surface area contributed by atoms with Crippen LogP contribution in [-0.2, 0) is 4.79 Å². The summed E-state index contributed by atoms with van der Waals surface area (Å²) >= 11 is 1.97. The van der Waals surface area contributed by atoms with Crippen molar-refractivity contribution in [2.45, 2.75) is 49.9 Å². The first-order chi connectivity index (χ1) is 9.20. The van der Waals surface area contributed by atoms with Crippen LogP contribution >= 0.6 is 11.8 Å². The van der Waals surface area contributed by atoms with Crippen LogP contribution in [0.25, 0.3) is 0 Å². The number of rotatable bonds is 4. The lowest BCUT2D eigenvalue weighted by Crippen LogP contribution is -2.54. The van der Waals surface area contributed by atoms with Crippen LogP contribution in [0.3, 0.4) is 0 Å². The van der Waals surface area contributed by atoms with Gasteiger partial charge in [-0.1, -0.05) is 0 Å². The Morgan fingerprint density at radius 3 is 2.47 bits per heavy atom. The molecular weight excluding hydrogens is 258 g/mol. The second kappa shape index (κ2) is 7.50. The lowest BCUT2D eigenvalue weighted by molar-refractivity contribution is -0.127. The number of amides is 1. The number of thioether (sulfide) groups is 1. The Morgan fingerprint density at radius 2 is 1.89 bits per heavy atom. The minimum absolute atomic E-state index is 0.0142. The zero-order chi connectivity index (χ0) is 13.7. The number of hydrogen-bond acceptors (Lipinski definition) is 4. The molecule has 2 fully saturated rings. The number of carbonyl (C=O) groups is 1. The van der Waals surface area contributed by atoms with Gasteiger partial charge in [0.2, 0.25) is 5.91 Å². The average Bonchev–Trinajstić information content (AvgIpc) is 2.48. The first kappa shape index (κ1) is 15.1. The molecule has 4 nitrogen and oxygen atoms in total. The van der Waals surface area contributed by atoms with E-state index in [1.807, 2.05) is 18.7 Å². The standard InChI is InChI=1S/C14H27N3OS/c1-11(17-9-7-15-8-10-17)14(18)16-12-3-5-13(19-2)6-4-12/h11-13,15H,3-10H2,1-2H3,(H,16,18). The van der Waals surface area contributed by atoms with E-state index in [4.69, 9.17) is 0 Å². The van der Waals surface area contributed by atoms with E-state index < -0.39 is 0 Å². The van der Waals surface area contributed by atoms with Crippen molar-refractivity contribution >= 4 is 17.7 Å². The largest absolute Gasteiger partial charge is 0.352 e. The summed E-state index contributed by atoms with van der Waals surface area (Å²) in [5, 5.41) is 7.38. The van der Waals surface area contributed by atoms with Crippen molar-refractivity contribution in [3.05, 3.63) is 0 Å². The van der Waals surface area contributed by atoms with Crippen molar-refractivity contribution in [3.8, 4) is 0 Å². The van der Waals surface area contributed by atoms with Crippen LogP contribution < -0.4 is 10.6 Å². The highest BCUT2D eigenvalue weighted by molar-refractivity contribution is 7.99. The van der Waals surface area contributed by atoms with E-state index in [-0.39, 0.29) is 11.9 Å². The molecule has 110 valence electrons. The van der Waals surface area contributed by atoms with Gasteiger partial charge in [0.1, 0.15) is 0 Å². The van der Waals surface area contributed by atoms with Crippen LogP contribution in [0.15, 0.2) is 0 Å². The van der Waals surface area contributed by atoms with E-state index in [9.17, 15) is 4.79 Å². The Hall–Kier alpha value is -0.260. The lowest BCUT2D eigenvalue weighted by Gasteiger charge is -2.34. The first-order valence-electron chi connectivity index (χ1n) is 7.48. The second-order valence-electron chi connectivity index (χ2n) is 5.68. The van der Waals surface area contributed by atoms with Crippen LogP contribution in [0, 0.1) is 0 Å². The van der Waals surface area contributed by atoms with Crippen LogP contribution in [0.1, 0.15) is 32.6 Å². The summed E-state index contributed by atoms with van der Waals surface area (Å²) in [5.74, 6) is 0.217. The summed E-state index contributed by atoms with van der Waals surface area (Å²) < 4.78 is 0. The highest BCUT2D eigenvalue weighted by Gasteiger charge is 2.26. The smallest absolute Gasteiger partial charge is 0.237 e. The minimum atomic E-state index is 0.0142. The maximum absolute atomic E-state index is 12.3. The summed E-state index contributed by atoms with van der Waals surface area (Å²) in [7, 11) is 0. The van der Waals surface area contributed by atoms with Gasteiger partial charge in [0.25, 0.3) is 0 Å². The Morgan fingerprint density at radius 1 is 1.26 bits per heavy atom. The van der Waals surface area contributed by atoms with Gasteiger partial charge in [-0.3, -0.25) is 9.69 Å². The molecule has 2 rings (SSSR count). The highest BCUT2D eigenvalue weighted by atomic mass is 32.2.